The van der Waals surface area contributed by atoms with Gasteiger partial charge in [-0.1, -0.05) is 17.7 Å². The first-order valence-corrected chi connectivity index (χ1v) is 7.49. The van der Waals surface area contributed by atoms with E-state index in [4.69, 9.17) is 16.3 Å². The summed E-state index contributed by atoms with van der Waals surface area (Å²) in [4.78, 5) is 4.17. The molecule has 1 heterocycles. The van der Waals surface area contributed by atoms with Crippen LogP contribution in [0.4, 0.5) is 0 Å². The lowest BCUT2D eigenvalue weighted by atomic mass is 10.1. The maximum absolute atomic E-state index is 5.93. The van der Waals surface area contributed by atoms with Gasteiger partial charge in [-0.2, -0.15) is 0 Å². The average Bonchev–Trinajstić information content (AvgIpc) is 2.43. The van der Waals surface area contributed by atoms with Gasteiger partial charge in [0.15, 0.2) is 0 Å². The van der Waals surface area contributed by atoms with Gasteiger partial charge in [0.25, 0.3) is 0 Å². The first-order valence-electron chi connectivity index (χ1n) is 6.32. The molecule has 5 heteroatoms. The molecule has 1 atom stereocenters. The normalized spacial score (nSPS) is 12.2. The van der Waals surface area contributed by atoms with Crippen LogP contribution in [0.5, 0.6) is 5.75 Å². The highest BCUT2D eigenvalue weighted by atomic mass is 79.9. The predicted octanol–water partition coefficient (Wildman–Crippen LogP) is 3.71. The molecule has 1 aromatic heterocycles. The minimum absolute atomic E-state index is 0.213. The first kappa shape index (κ1) is 15.3. The van der Waals surface area contributed by atoms with Crippen LogP contribution in [0.3, 0.4) is 0 Å². The zero-order valence-corrected chi connectivity index (χ0v) is 13.5. The number of pyridine rings is 1. The molecule has 3 nitrogen and oxygen atoms in total. The molecule has 20 heavy (non-hydrogen) atoms. The van der Waals surface area contributed by atoms with Gasteiger partial charge in [-0.3, -0.25) is 4.98 Å². The van der Waals surface area contributed by atoms with Gasteiger partial charge in [-0.25, -0.2) is 0 Å². The Morgan fingerprint density at radius 1 is 1.35 bits per heavy atom. The molecule has 0 fully saturated rings. The summed E-state index contributed by atoms with van der Waals surface area (Å²) in [6.07, 6.45) is 4.50. The number of hydrogen-bond donors (Lipinski definition) is 1. The summed E-state index contributed by atoms with van der Waals surface area (Å²) in [6, 6.07) is 9.71. The van der Waals surface area contributed by atoms with Crippen molar-refractivity contribution in [2.24, 2.45) is 0 Å². The monoisotopic (exact) mass is 354 g/mol. The molecular formula is C15H16BrClN2O. The molecule has 1 aromatic carbocycles. The van der Waals surface area contributed by atoms with E-state index in [1.54, 1.807) is 6.20 Å². The smallest absolute Gasteiger partial charge is 0.120 e. The van der Waals surface area contributed by atoms with Crippen LogP contribution in [0, 0.1) is 0 Å². The van der Waals surface area contributed by atoms with E-state index in [1.807, 2.05) is 37.5 Å². The van der Waals surface area contributed by atoms with Gasteiger partial charge in [0.1, 0.15) is 12.4 Å². The molecule has 0 saturated carbocycles. The number of aromatic nitrogens is 1. The maximum atomic E-state index is 5.93. The van der Waals surface area contributed by atoms with Crippen molar-refractivity contribution in [3.63, 3.8) is 0 Å². The standard InChI is InChI=1S/C15H16BrClN2O/c1-18-14(6-11-5-12(16)9-19-8-11)10-20-15-4-2-3-13(17)7-15/h2-5,7-9,14,18H,6,10H2,1H3. The summed E-state index contributed by atoms with van der Waals surface area (Å²) in [6.45, 7) is 0.573. The molecule has 1 unspecified atom stereocenters. The van der Waals surface area contributed by atoms with Crippen molar-refractivity contribution in [3.05, 3.63) is 57.8 Å². The molecule has 0 aliphatic rings. The van der Waals surface area contributed by atoms with Crippen LogP contribution < -0.4 is 10.1 Å². The van der Waals surface area contributed by atoms with Gasteiger partial charge in [0, 0.05) is 27.9 Å². The Labute approximate surface area is 132 Å². The summed E-state index contributed by atoms with van der Waals surface area (Å²) in [5.41, 5.74) is 1.16. The fourth-order valence-electron chi connectivity index (χ4n) is 1.85. The molecule has 0 radical (unpaired) electrons. The third-order valence-electron chi connectivity index (χ3n) is 2.90. The van der Waals surface area contributed by atoms with E-state index >= 15 is 0 Å². The number of rotatable bonds is 6. The lowest BCUT2D eigenvalue weighted by Crippen LogP contribution is -2.33. The van der Waals surface area contributed by atoms with Gasteiger partial charge in [0.2, 0.25) is 0 Å². The molecule has 1 N–H and O–H groups in total. The fraction of sp³-hybridized carbons (Fsp3) is 0.267. The number of likely N-dealkylation sites (N-methyl/N-ethyl adjacent to an activating group) is 1. The average molecular weight is 356 g/mol. The van der Waals surface area contributed by atoms with Gasteiger partial charge in [-0.05, 0) is 59.2 Å². The molecule has 0 spiro atoms. The van der Waals surface area contributed by atoms with Gasteiger partial charge in [0.05, 0.1) is 0 Å². The molecule has 2 aromatic rings. The molecular weight excluding hydrogens is 340 g/mol. The number of hydrogen-bond acceptors (Lipinski definition) is 3. The minimum Gasteiger partial charge on any atom is -0.492 e. The molecule has 106 valence electrons. The second-order valence-electron chi connectivity index (χ2n) is 4.47. The lowest BCUT2D eigenvalue weighted by Gasteiger charge is -2.17. The Morgan fingerprint density at radius 2 is 2.20 bits per heavy atom. The van der Waals surface area contributed by atoms with Crippen molar-refractivity contribution in [2.45, 2.75) is 12.5 Å². The largest absolute Gasteiger partial charge is 0.492 e. The van der Waals surface area contributed by atoms with E-state index in [-0.39, 0.29) is 6.04 Å². The maximum Gasteiger partial charge on any atom is 0.120 e. The summed E-state index contributed by atoms with van der Waals surface area (Å²) in [7, 11) is 1.93. The second kappa shape index (κ2) is 7.62. The van der Waals surface area contributed by atoms with Crippen LogP contribution in [0.25, 0.3) is 0 Å². The SMILES string of the molecule is CNC(COc1cccc(Cl)c1)Cc1cncc(Br)c1. The molecule has 0 saturated heterocycles. The van der Waals surface area contributed by atoms with Crippen molar-refractivity contribution in [1.82, 2.24) is 10.3 Å². The van der Waals surface area contributed by atoms with E-state index in [2.05, 4.69) is 32.3 Å². The van der Waals surface area contributed by atoms with E-state index in [0.29, 0.717) is 11.6 Å². The van der Waals surface area contributed by atoms with Crippen molar-refractivity contribution < 1.29 is 4.74 Å². The van der Waals surface area contributed by atoms with Crippen molar-refractivity contribution in [1.29, 1.82) is 0 Å². The lowest BCUT2D eigenvalue weighted by molar-refractivity contribution is 0.269. The summed E-state index contributed by atoms with van der Waals surface area (Å²) < 4.78 is 6.75. The quantitative estimate of drug-likeness (QED) is 0.858. The summed E-state index contributed by atoms with van der Waals surface area (Å²) >= 11 is 9.36. The van der Waals surface area contributed by atoms with E-state index < -0.39 is 0 Å². The molecule has 0 amide bonds. The highest BCUT2D eigenvalue weighted by molar-refractivity contribution is 9.10. The summed E-state index contributed by atoms with van der Waals surface area (Å²) in [5, 5.41) is 3.93. The number of benzene rings is 1. The number of nitrogens with zero attached hydrogens (tertiary/aromatic N) is 1. The third-order valence-corrected chi connectivity index (χ3v) is 3.57. The second-order valence-corrected chi connectivity index (χ2v) is 5.82. The Balaban J connectivity index is 1.92. The molecule has 0 aliphatic carbocycles. The van der Waals surface area contributed by atoms with E-state index in [1.165, 1.54) is 0 Å². The molecule has 2 rings (SSSR count). The topological polar surface area (TPSA) is 34.1 Å². The fourth-order valence-corrected chi connectivity index (χ4v) is 2.44. The third kappa shape index (κ3) is 4.78. The summed E-state index contributed by atoms with van der Waals surface area (Å²) in [5.74, 6) is 0.783. The van der Waals surface area contributed by atoms with Crippen LogP contribution in [0.15, 0.2) is 47.2 Å². The highest BCUT2D eigenvalue weighted by Gasteiger charge is 2.09. The molecule has 0 aliphatic heterocycles. The molecule has 0 bridgehead atoms. The zero-order valence-electron chi connectivity index (χ0n) is 11.1. The van der Waals surface area contributed by atoms with Crippen LogP contribution in [-0.2, 0) is 6.42 Å². The number of nitrogens with one attached hydrogen (secondary N) is 1. The highest BCUT2D eigenvalue weighted by Crippen LogP contribution is 2.17. The Kier molecular flexibility index (Phi) is 5.83. The van der Waals surface area contributed by atoms with Gasteiger partial charge < -0.3 is 10.1 Å². The van der Waals surface area contributed by atoms with Gasteiger partial charge in [-0.15, -0.1) is 0 Å². The van der Waals surface area contributed by atoms with E-state index in [0.717, 1.165) is 22.2 Å². The Morgan fingerprint density at radius 3 is 2.90 bits per heavy atom. The Bertz CT molecular complexity index is 565. The van der Waals surface area contributed by atoms with Crippen molar-refractivity contribution >= 4 is 27.5 Å². The van der Waals surface area contributed by atoms with Crippen LogP contribution in [-0.4, -0.2) is 24.7 Å². The zero-order chi connectivity index (χ0) is 14.4. The number of ether oxygens (including phenoxy) is 1. The predicted molar refractivity (Wildman–Crippen MR) is 85.4 cm³/mol. The minimum atomic E-state index is 0.213. The van der Waals surface area contributed by atoms with Crippen molar-refractivity contribution in [3.8, 4) is 5.75 Å². The van der Waals surface area contributed by atoms with Gasteiger partial charge >= 0.3 is 0 Å². The van der Waals surface area contributed by atoms with E-state index in [9.17, 15) is 0 Å². The van der Waals surface area contributed by atoms with Crippen LogP contribution >= 0.6 is 27.5 Å². The van der Waals surface area contributed by atoms with Crippen LogP contribution in [0.1, 0.15) is 5.56 Å². The first-order chi connectivity index (χ1) is 9.67. The van der Waals surface area contributed by atoms with Crippen molar-refractivity contribution in [2.75, 3.05) is 13.7 Å². The Hall–Kier alpha value is -1.10. The van der Waals surface area contributed by atoms with Crippen LogP contribution in [0.2, 0.25) is 5.02 Å². The number of halogens is 2.